The average Bonchev–Trinajstić information content (AvgIpc) is 3.14. The number of hydrogen-bond donors (Lipinski definition) is 1. The van der Waals surface area contributed by atoms with E-state index in [2.05, 4.69) is 21.2 Å². The maximum atomic E-state index is 12.8. The first-order valence-electron chi connectivity index (χ1n) is 11.3. The van der Waals surface area contributed by atoms with Crippen LogP contribution in [0.1, 0.15) is 46.1 Å². The van der Waals surface area contributed by atoms with E-state index in [0.717, 1.165) is 74.6 Å². The Kier molecular flexibility index (Phi) is 7.84. The van der Waals surface area contributed by atoms with Crippen molar-refractivity contribution in [2.45, 2.75) is 39.2 Å². The van der Waals surface area contributed by atoms with Crippen molar-refractivity contribution in [1.82, 2.24) is 9.80 Å². The predicted octanol–water partition coefficient (Wildman–Crippen LogP) is 4.21. The number of carbonyl (C=O) groups excluding carboxylic acids is 2. The number of amides is 1. The quantitative estimate of drug-likeness (QED) is 0.608. The number of aryl methyl sites for hydroxylation is 1. The van der Waals surface area contributed by atoms with Crippen LogP contribution in [0.25, 0.3) is 0 Å². The highest BCUT2D eigenvalue weighted by atomic mass is 35.5. The van der Waals surface area contributed by atoms with E-state index < -0.39 is 0 Å². The second kappa shape index (κ2) is 10.8. The molecule has 1 aromatic heterocycles. The first-order valence-corrected chi connectivity index (χ1v) is 12.5. The summed E-state index contributed by atoms with van der Waals surface area (Å²) in [6.07, 6.45) is 4.04. The molecule has 2 aromatic rings. The van der Waals surface area contributed by atoms with E-state index in [1.165, 1.54) is 16.2 Å². The molecule has 6 nitrogen and oxygen atoms in total. The van der Waals surface area contributed by atoms with Crippen molar-refractivity contribution >= 4 is 39.8 Å². The molecule has 1 amide bonds. The van der Waals surface area contributed by atoms with Gasteiger partial charge in [0, 0.05) is 42.6 Å². The van der Waals surface area contributed by atoms with Crippen LogP contribution in [0.4, 0.5) is 5.00 Å². The van der Waals surface area contributed by atoms with E-state index in [-0.39, 0.29) is 11.9 Å². The SMILES string of the molecule is CCOC(=O)c1c(NC(=O)CN2CCN(Cc3ccccc3Cl)CC2)sc2c1CCCC2. The Bertz CT molecular complexity index is 969. The lowest BCUT2D eigenvalue weighted by molar-refractivity contribution is -0.117. The Morgan fingerprint density at radius 2 is 1.81 bits per heavy atom. The molecule has 0 bridgehead atoms. The molecule has 2 aliphatic rings. The number of fused-ring (bicyclic) bond motifs is 1. The summed E-state index contributed by atoms with van der Waals surface area (Å²) in [6.45, 7) is 6.71. The highest BCUT2D eigenvalue weighted by Gasteiger charge is 2.28. The zero-order valence-electron chi connectivity index (χ0n) is 18.5. The Morgan fingerprint density at radius 3 is 2.56 bits per heavy atom. The lowest BCUT2D eigenvalue weighted by Crippen LogP contribution is -2.48. The summed E-state index contributed by atoms with van der Waals surface area (Å²) in [5.41, 5.74) is 2.78. The van der Waals surface area contributed by atoms with Crippen LogP contribution in [0, 0.1) is 0 Å². The van der Waals surface area contributed by atoms with Crippen molar-refractivity contribution in [3.63, 3.8) is 0 Å². The lowest BCUT2D eigenvalue weighted by atomic mass is 9.95. The van der Waals surface area contributed by atoms with E-state index in [9.17, 15) is 9.59 Å². The third-order valence-corrected chi connectivity index (χ3v) is 7.66. The van der Waals surface area contributed by atoms with Crippen LogP contribution in [0.2, 0.25) is 5.02 Å². The Morgan fingerprint density at radius 1 is 1.09 bits per heavy atom. The van der Waals surface area contributed by atoms with E-state index >= 15 is 0 Å². The van der Waals surface area contributed by atoms with Crippen LogP contribution < -0.4 is 5.32 Å². The first kappa shape index (κ1) is 23.2. The topological polar surface area (TPSA) is 61.9 Å². The van der Waals surface area contributed by atoms with Crippen LogP contribution in [0.3, 0.4) is 0 Å². The van der Waals surface area contributed by atoms with E-state index in [4.69, 9.17) is 16.3 Å². The largest absolute Gasteiger partial charge is 0.462 e. The number of nitrogens with zero attached hydrogens (tertiary/aromatic N) is 2. The molecule has 1 aliphatic carbocycles. The summed E-state index contributed by atoms with van der Waals surface area (Å²) in [7, 11) is 0. The minimum atomic E-state index is -0.324. The number of rotatable bonds is 7. The zero-order valence-corrected chi connectivity index (χ0v) is 20.1. The molecule has 32 heavy (non-hydrogen) atoms. The van der Waals surface area contributed by atoms with Gasteiger partial charge in [-0.1, -0.05) is 29.8 Å². The van der Waals surface area contributed by atoms with Crippen LogP contribution in [-0.2, 0) is 28.9 Å². The third kappa shape index (κ3) is 5.52. The molecule has 2 heterocycles. The van der Waals surface area contributed by atoms with Crippen LogP contribution in [0.5, 0.6) is 0 Å². The summed E-state index contributed by atoms with van der Waals surface area (Å²) in [5, 5.41) is 4.47. The van der Waals surface area contributed by atoms with Gasteiger partial charge in [0.15, 0.2) is 0 Å². The highest BCUT2D eigenvalue weighted by Crippen LogP contribution is 2.38. The summed E-state index contributed by atoms with van der Waals surface area (Å²) < 4.78 is 5.28. The summed E-state index contributed by atoms with van der Waals surface area (Å²) in [4.78, 5) is 31.1. The molecule has 172 valence electrons. The molecule has 4 rings (SSSR count). The predicted molar refractivity (Wildman–Crippen MR) is 129 cm³/mol. The number of benzene rings is 1. The van der Waals surface area contributed by atoms with Gasteiger partial charge in [-0.3, -0.25) is 14.6 Å². The van der Waals surface area contributed by atoms with Crippen molar-refractivity contribution in [2.75, 3.05) is 44.6 Å². The number of thiophene rings is 1. The molecular weight excluding hydrogens is 446 g/mol. The third-order valence-electron chi connectivity index (χ3n) is 6.09. The lowest BCUT2D eigenvalue weighted by Gasteiger charge is -2.34. The van der Waals surface area contributed by atoms with E-state index in [1.54, 1.807) is 6.92 Å². The highest BCUT2D eigenvalue weighted by molar-refractivity contribution is 7.17. The smallest absolute Gasteiger partial charge is 0.341 e. The van der Waals surface area contributed by atoms with E-state index in [1.807, 2.05) is 18.2 Å². The fourth-order valence-electron chi connectivity index (χ4n) is 4.42. The van der Waals surface area contributed by atoms with Crippen LogP contribution in [-0.4, -0.2) is 61.0 Å². The molecule has 1 aromatic carbocycles. The Balaban J connectivity index is 1.33. The molecule has 0 atom stereocenters. The van der Waals surface area contributed by atoms with Gasteiger partial charge in [0.2, 0.25) is 5.91 Å². The standard InChI is InChI=1S/C24H30ClN3O3S/c1-2-31-24(30)22-18-8-4-6-10-20(18)32-23(22)26-21(29)16-28-13-11-27(12-14-28)15-17-7-3-5-9-19(17)25/h3,5,7,9H,2,4,6,8,10-16H2,1H3,(H,26,29). The fourth-order valence-corrected chi connectivity index (χ4v) is 5.90. The number of ether oxygens (including phenoxy) is 1. The van der Waals surface area contributed by atoms with Crippen LogP contribution >= 0.6 is 22.9 Å². The molecule has 1 saturated heterocycles. The van der Waals surface area contributed by atoms with Gasteiger partial charge in [0.1, 0.15) is 5.00 Å². The number of esters is 1. The molecule has 1 fully saturated rings. The number of nitrogens with one attached hydrogen (secondary N) is 1. The zero-order chi connectivity index (χ0) is 22.5. The number of halogens is 1. The second-order valence-corrected chi connectivity index (χ2v) is 9.84. The molecule has 1 N–H and O–H groups in total. The van der Waals surface area contributed by atoms with Gasteiger partial charge >= 0.3 is 5.97 Å². The Labute approximate surface area is 198 Å². The van der Waals surface area contributed by atoms with Crippen LogP contribution in [0.15, 0.2) is 24.3 Å². The molecule has 1 aliphatic heterocycles. The average molecular weight is 476 g/mol. The van der Waals surface area contributed by atoms with Gasteiger partial charge in [0.25, 0.3) is 0 Å². The summed E-state index contributed by atoms with van der Waals surface area (Å²) in [5.74, 6) is -0.399. The monoisotopic (exact) mass is 475 g/mol. The molecule has 0 saturated carbocycles. The van der Waals surface area contributed by atoms with Gasteiger partial charge in [0.05, 0.1) is 18.7 Å². The van der Waals surface area contributed by atoms with E-state index in [0.29, 0.717) is 23.7 Å². The molecular formula is C24H30ClN3O3S. The second-order valence-electron chi connectivity index (χ2n) is 8.33. The van der Waals surface area contributed by atoms with Crippen molar-refractivity contribution in [3.8, 4) is 0 Å². The van der Waals surface area contributed by atoms with Gasteiger partial charge in [-0.05, 0) is 49.8 Å². The number of hydrogen-bond acceptors (Lipinski definition) is 6. The van der Waals surface area contributed by atoms with Crippen molar-refractivity contribution in [1.29, 1.82) is 0 Å². The molecule has 0 spiro atoms. The molecule has 0 radical (unpaired) electrons. The maximum absolute atomic E-state index is 12.8. The van der Waals surface area contributed by atoms with Gasteiger partial charge in [-0.25, -0.2) is 4.79 Å². The van der Waals surface area contributed by atoms with Crippen molar-refractivity contribution in [2.24, 2.45) is 0 Å². The van der Waals surface area contributed by atoms with Crippen molar-refractivity contribution in [3.05, 3.63) is 50.9 Å². The van der Waals surface area contributed by atoms with Gasteiger partial charge in [-0.2, -0.15) is 0 Å². The maximum Gasteiger partial charge on any atom is 0.341 e. The minimum absolute atomic E-state index is 0.0753. The van der Waals surface area contributed by atoms with Gasteiger partial charge in [-0.15, -0.1) is 11.3 Å². The number of carbonyl (C=O) groups is 2. The summed E-state index contributed by atoms with van der Waals surface area (Å²) in [6, 6.07) is 7.93. The van der Waals surface area contributed by atoms with Crippen molar-refractivity contribution < 1.29 is 14.3 Å². The number of piperazine rings is 1. The van der Waals surface area contributed by atoms with Gasteiger partial charge < -0.3 is 10.1 Å². The Hall–Kier alpha value is -1.93. The fraction of sp³-hybridized carbons (Fsp3) is 0.500. The minimum Gasteiger partial charge on any atom is -0.462 e. The normalized spacial score (nSPS) is 17.1. The first-order chi connectivity index (χ1) is 15.5. The molecule has 8 heteroatoms. The summed E-state index contributed by atoms with van der Waals surface area (Å²) >= 11 is 7.83. The molecule has 0 unspecified atom stereocenters. The number of anilines is 1.